The monoisotopic (exact) mass is 272 g/mol. The molecule has 0 amide bonds. The molecule has 2 N–H and O–H groups in total. The van der Waals surface area contributed by atoms with Crippen LogP contribution >= 0.6 is 0 Å². The Kier molecular flexibility index (Phi) is 6.00. The van der Waals surface area contributed by atoms with Gasteiger partial charge < -0.3 is 15.4 Å². The highest BCUT2D eigenvalue weighted by Gasteiger charge is 2.08. The van der Waals surface area contributed by atoms with E-state index in [1.807, 2.05) is 13.0 Å². The van der Waals surface area contributed by atoms with Crippen molar-refractivity contribution in [1.82, 2.24) is 9.97 Å². The molecular formula is C11H20N4O2S. The Hall–Kier alpha value is -1.21. The van der Waals surface area contributed by atoms with Gasteiger partial charge in [-0.1, -0.05) is 0 Å². The van der Waals surface area contributed by atoms with Crippen molar-refractivity contribution in [3.63, 3.8) is 0 Å². The molecule has 2 unspecified atom stereocenters. The molecule has 1 rings (SSSR count). The van der Waals surface area contributed by atoms with E-state index in [0.29, 0.717) is 24.8 Å². The predicted molar refractivity (Wildman–Crippen MR) is 74.3 cm³/mol. The van der Waals surface area contributed by atoms with Crippen molar-refractivity contribution < 1.29 is 8.95 Å². The quantitative estimate of drug-likeness (QED) is 0.766. The van der Waals surface area contributed by atoms with Crippen molar-refractivity contribution in [2.75, 3.05) is 37.6 Å². The molecule has 0 bridgehead atoms. The highest BCUT2D eigenvalue weighted by atomic mass is 32.2. The first-order chi connectivity index (χ1) is 8.56. The predicted octanol–water partition coefficient (Wildman–Crippen LogP) is 0.844. The fourth-order valence-electron chi connectivity index (χ4n) is 1.28. The summed E-state index contributed by atoms with van der Waals surface area (Å²) in [6.07, 6.45) is 1.70. The van der Waals surface area contributed by atoms with Gasteiger partial charge in [-0.05, 0) is 6.92 Å². The molecule has 18 heavy (non-hydrogen) atoms. The molecule has 2 atom stereocenters. The Balaban J connectivity index is 2.74. The van der Waals surface area contributed by atoms with Gasteiger partial charge >= 0.3 is 0 Å². The largest absolute Gasteiger partial charge is 0.377 e. The lowest BCUT2D eigenvalue weighted by atomic mass is 10.4. The molecule has 0 aliphatic carbocycles. The average Bonchev–Trinajstić information content (AvgIpc) is 2.35. The normalized spacial score (nSPS) is 14.0. The van der Waals surface area contributed by atoms with Crippen LogP contribution in [0.1, 0.15) is 12.7 Å². The first kappa shape index (κ1) is 14.8. The summed E-state index contributed by atoms with van der Waals surface area (Å²) in [5.74, 6) is 2.04. The smallest absolute Gasteiger partial charge is 0.158 e. The summed E-state index contributed by atoms with van der Waals surface area (Å²) in [6, 6.07) is 1.81. The molecule has 7 heteroatoms. The van der Waals surface area contributed by atoms with Crippen molar-refractivity contribution in [2.45, 2.75) is 18.8 Å². The number of ether oxygens (including phenoxy) is 1. The molecule has 1 aromatic rings. The molecule has 0 saturated heterocycles. The number of hydrogen-bond acceptors (Lipinski definition) is 6. The van der Waals surface area contributed by atoms with Crippen LogP contribution in [0.25, 0.3) is 0 Å². The molecular weight excluding hydrogens is 252 g/mol. The molecule has 0 aliphatic heterocycles. The minimum Gasteiger partial charge on any atom is -0.377 e. The molecule has 0 aromatic carbocycles. The maximum absolute atomic E-state index is 11.3. The van der Waals surface area contributed by atoms with E-state index < -0.39 is 10.8 Å². The topological polar surface area (TPSA) is 76.1 Å². The second kappa shape index (κ2) is 7.27. The van der Waals surface area contributed by atoms with E-state index in [0.717, 1.165) is 5.82 Å². The van der Waals surface area contributed by atoms with Gasteiger partial charge in [0.15, 0.2) is 5.82 Å². The second-order valence-electron chi connectivity index (χ2n) is 3.93. The van der Waals surface area contributed by atoms with Crippen LogP contribution in [-0.2, 0) is 22.1 Å². The van der Waals surface area contributed by atoms with Crippen LogP contribution in [-0.4, -0.2) is 46.4 Å². The molecule has 0 radical (unpaired) electrons. The number of rotatable bonds is 7. The summed E-state index contributed by atoms with van der Waals surface area (Å²) in [5, 5.41) is 6.20. The minimum atomic E-state index is -0.846. The summed E-state index contributed by atoms with van der Waals surface area (Å²) in [5.41, 5.74) is 0. The van der Waals surface area contributed by atoms with Crippen molar-refractivity contribution >= 4 is 22.4 Å². The average molecular weight is 272 g/mol. The summed E-state index contributed by atoms with van der Waals surface area (Å²) in [6.45, 7) is 2.90. The third-order valence-corrected chi connectivity index (χ3v) is 3.74. The highest BCUT2D eigenvalue weighted by Crippen LogP contribution is 2.11. The van der Waals surface area contributed by atoms with Gasteiger partial charge in [0, 0.05) is 49.1 Å². The second-order valence-corrected chi connectivity index (χ2v) is 5.73. The fraction of sp³-hybridized carbons (Fsp3) is 0.636. The number of nitrogens with zero attached hydrogens (tertiary/aromatic N) is 2. The van der Waals surface area contributed by atoms with Crippen molar-refractivity contribution in [2.24, 2.45) is 0 Å². The van der Waals surface area contributed by atoms with E-state index in [1.54, 1.807) is 20.4 Å². The lowest BCUT2D eigenvalue weighted by molar-refractivity contribution is 0.178. The van der Waals surface area contributed by atoms with Crippen LogP contribution in [0, 0.1) is 0 Å². The van der Waals surface area contributed by atoms with Crippen LogP contribution in [0.4, 0.5) is 11.6 Å². The zero-order chi connectivity index (χ0) is 13.5. The van der Waals surface area contributed by atoms with Crippen LogP contribution in [0.5, 0.6) is 0 Å². The molecule has 1 aromatic heterocycles. The summed E-state index contributed by atoms with van der Waals surface area (Å²) in [4.78, 5) is 8.57. The van der Waals surface area contributed by atoms with Crippen molar-refractivity contribution in [1.29, 1.82) is 0 Å². The Morgan fingerprint density at radius 2 is 2.11 bits per heavy atom. The van der Waals surface area contributed by atoms with Gasteiger partial charge in [0.1, 0.15) is 18.2 Å². The maximum Gasteiger partial charge on any atom is 0.158 e. The van der Waals surface area contributed by atoms with E-state index in [1.165, 1.54) is 0 Å². The highest BCUT2D eigenvalue weighted by molar-refractivity contribution is 7.84. The van der Waals surface area contributed by atoms with E-state index in [9.17, 15) is 4.21 Å². The van der Waals surface area contributed by atoms with Gasteiger partial charge in [-0.25, -0.2) is 9.97 Å². The lowest BCUT2D eigenvalue weighted by Crippen LogP contribution is -2.21. The third-order valence-electron chi connectivity index (χ3n) is 2.44. The van der Waals surface area contributed by atoms with Crippen LogP contribution < -0.4 is 10.6 Å². The first-order valence-electron chi connectivity index (χ1n) is 5.67. The molecule has 0 fully saturated rings. The zero-order valence-corrected chi connectivity index (χ0v) is 12.0. The number of hydrogen-bond donors (Lipinski definition) is 2. The SMILES string of the molecule is CNc1cc(NCC(C)S(C)=O)nc(COC)n1. The number of methoxy groups -OCH3 is 1. The molecule has 0 spiro atoms. The zero-order valence-electron chi connectivity index (χ0n) is 11.2. The summed E-state index contributed by atoms with van der Waals surface area (Å²) < 4.78 is 16.3. The Morgan fingerprint density at radius 1 is 1.44 bits per heavy atom. The standard InChI is InChI=1S/C11H20N4O2S/c1-8(18(4)16)6-13-10-5-9(12-2)14-11(15-10)7-17-3/h5,8H,6-7H2,1-4H3,(H2,12,13,14,15). The van der Waals surface area contributed by atoms with Crippen LogP contribution in [0.3, 0.4) is 0 Å². The van der Waals surface area contributed by atoms with E-state index in [-0.39, 0.29) is 5.25 Å². The molecule has 102 valence electrons. The van der Waals surface area contributed by atoms with E-state index in [2.05, 4.69) is 20.6 Å². The van der Waals surface area contributed by atoms with Gasteiger partial charge in [-0.15, -0.1) is 0 Å². The molecule has 0 saturated carbocycles. The Labute approximate surface area is 110 Å². The Bertz CT molecular complexity index is 414. The van der Waals surface area contributed by atoms with E-state index >= 15 is 0 Å². The third kappa shape index (κ3) is 4.58. The van der Waals surface area contributed by atoms with Gasteiger partial charge in [-0.3, -0.25) is 4.21 Å². The fourth-order valence-corrected chi connectivity index (χ4v) is 1.59. The van der Waals surface area contributed by atoms with Crippen LogP contribution in [0.2, 0.25) is 0 Å². The summed E-state index contributed by atoms with van der Waals surface area (Å²) >= 11 is 0. The number of nitrogens with one attached hydrogen (secondary N) is 2. The van der Waals surface area contributed by atoms with Gasteiger partial charge in [0.2, 0.25) is 0 Å². The number of anilines is 2. The number of aromatic nitrogens is 2. The van der Waals surface area contributed by atoms with E-state index in [4.69, 9.17) is 4.74 Å². The van der Waals surface area contributed by atoms with Gasteiger partial charge in [0.25, 0.3) is 0 Å². The molecule has 6 nitrogen and oxygen atoms in total. The first-order valence-corrected chi connectivity index (χ1v) is 7.29. The van der Waals surface area contributed by atoms with Gasteiger partial charge in [-0.2, -0.15) is 0 Å². The minimum absolute atomic E-state index is 0.0730. The molecule has 1 heterocycles. The van der Waals surface area contributed by atoms with Gasteiger partial charge in [0.05, 0.1) is 0 Å². The lowest BCUT2D eigenvalue weighted by Gasteiger charge is -2.12. The van der Waals surface area contributed by atoms with Crippen molar-refractivity contribution in [3.05, 3.63) is 11.9 Å². The van der Waals surface area contributed by atoms with Crippen LogP contribution in [0.15, 0.2) is 6.07 Å². The summed E-state index contributed by atoms with van der Waals surface area (Å²) in [7, 11) is 2.55. The maximum atomic E-state index is 11.3. The Morgan fingerprint density at radius 3 is 2.67 bits per heavy atom. The molecule has 0 aliphatic rings. The van der Waals surface area contributed by atoms with Crippen molar-refractivity contribution in [3.8, 4) is 0 Å².